The van der Waals surface area contributed by atoms with Crippen LogP contribution in [0.15, 0.2) is 18.5 Å². The van der Waals surface area contributed by atoms with Crippen LogP contribution >= 0.6 is 0 Å². The average molecular weight is 340 g/mol. The third kappa shape index (κ3) is 3.35. The molecule has 0 spiro atoms. The summed E-state index contributed by atoms with van der Waals surface area (Å²) in [4.78, 5) is 19.2. The smallest absolute Gasteiger partial charge is 0.253 e. The number of benzene rings is 1. The van der Waals surface area contributed by atoms with E-state index in [4.69, 9.17) is 0 Å². The van der Waals surface area contributed by atoms with E-state index in [1.54, 1.807) is 0 Å². The fraction of sp³-hybridized carbons (Fsp3) is 0.429. The molecule has 0 saturated carbocycles. The molecule has 1 aliphatic rings. The molecule has 1 fully saturated rings. The van der Waals surface area contributed by atoms with Crippen molar-refractivity contribution in [2.24, 2.45) is 0 Å². The maximum atomic E-state index is 13.6. The molecule has 2 aromatic rings. The first kappa shape index (κ1) is 15.9. The van der Waals surface area contributed by atoms with Crippen LogP contribution in [0.4, 0.5) is 4.39 Å². The van der Waals surface area contributed by atoms with Gasteiger partial charge in [-0.1, -0.05) is 0 Å². The number of carbonyl (C=O) groups is 1. The van der Waals surface area contributed by atoms with E-state index in [9.17, 15) is 17.6 Å². The number of imidazole rings is 1. The van der Waals surface area contributed by atoms with Gasteiger partial charge < -0.3 is 10.3 Å². The van der Waals surface area contributed by atoms with Gasteiger partial charge in [0.15, 0.2) is 0 Å². The Balaban J connectivity index is 1.79. The number of H-pyrrole nitrogens is 1. The van der Waals surface area contributed by atoms with E-state index < -0.39 is 21.7 Å². The number of halogens is 1. The zero-order valence-electron chi connectivity index (χ0n) is 12.5. The van der Waals surface area contributed by atoms with E-state index in [0.29, 0.717) is 30.4 Å². The first-order valence-corrected chi connectivity index (χ1v) is 9.08. The van der Waals surface area contributed by atoms with E-state index in [2.05, 4.69) is 15.3 Å². The van der Waals surface area contributed by atoms with Crippen molar-refractivity contribution in [3.05, 3.63) is 29.8 Å². The van der Waals surface area contributed by atoms with Crippen molar-refractivity contribution in [1.82, 2.24) is 19.6 Å². The van der Waals surface area contributed by atoms with Gasteiger partial charge in [0.05, 0.1) is 23.7 Å². The quantitative estimate of drug-likeness (QED) is 0.866. The number of nitrogens with zero attached hydrogens (tertiary/aromatic N) is 2. The second-order valence-corrected chi connectivity index (χ2v) is 7.67. The Morgan fingerprint density at radius 1 is 1.48 bits per heavy atom. The number of hydrogen-bond acceptors (Lipinski definition) is 4. The lowest BCUT2D eigenvalue weighted by atomic mass is 10.1. The number of nitrogens with one attached hydrogen (secondary N) is 2. The van der Waals surface area contributed by atoms with Gasteiger partial charge in [-0.3, -0.25) is 4.79 Å². The molecule has 0 radical (unpaired) electrons. The minimum atomic E-state index is -3.29. The van der Waals surface area contributed by atoms with Crippen LogP contribution in [0.5, 0.6) is 0 Å². The van der Waals surface area contributed by atoms with Gasteiger partial charge in [0.2, 0.25) is 10.0 Å². The molecule has 1 saturated heterocycles. The maximum Gasteiger partial charge on any atom is 0.253 e. The molecule has 9 heteroatoms. The zero-order valence-corrected chi connectivity index (χ0v) is 13.4. The molecule has 1 unspecified atom stereocenters. The van der Waals surface area contributed by atoms with E-state index in [1.807, 2.05) is 0 Å². The Morgan fingerprint density at radius 3 is 3.00 bits per heavy atom. The van der Waals surface area contributed by atoms with E-state index in [1.165, 1.54) is 16.7 Å². The molecule has 1 aromatic carbocycles. The number of piperidine rings is 1. The van der Waals surface area contributed by atoms with Crippen molar-refractivity contribution in [2.45, 2.75) is 18.9 Å². The highest BCUT2D eigenvalue weighted by Gasteiger charge is 2.27. The van der Waals surface area contributed by atoms with Gasteiger partial charge in [0.25, 0.3) is 5.91 Å². The summed E-state index contributed by atoms with van der Waals surface area (Å²) < 4.78 is 38.2. The van der Waals surface area contributed by atoms with Crippen LogP contribution in [-0.2, 0) is 10.0 Å². The summed E-state index contributed by atoms with van der Waals surface area (Å²) in [6.07, 6.45) is 3.89. The summed E-state index contributed by atoms with van der Waals surface area (Å²) in [5.74, 6) is -0.991. The van der Waals surface area contributed by atoms with E-state index >= 15 is 0 Å². The summed E-state index contributed by atoms with van der Waals surface area (Å²) in [6, 6.07) is 2.10. The first-order chi connectivity index (χ1) is 10.8. The van der Waals surface area contributed by atoms with Gasteiger partial charge in [-0.2, -0.15) is 0 Å². The molecule has 1 aromatic heterocycles. The molecule has 7 nitrogen and oxygen atoms in total. The Hall–Kier alpha value is -2.00. The highest BCUT2D eigenvalue weighted by atomic mass is 32.2. The number of carbonyl (C=O) groups excluding carboxylic acids is 1. The molecular formula is C14H17FN4O3S. The Bertz CT molecular complexity index is 849. The normalized spacial score (nSPS) is 19.8. The van der Waals surface area contributed by atoms with Crippen molar-refractivity contribution >= 4 is 27.0 Å². The lowest BCUT2D eigenvalue weighted by Gasteiger charge is -2.31. The third-order valence-corrected chi connectivity index (χ3v) is 5.19. The van der Waals surface area contributed by atoms with Crippen LogP contribution in [0.1, 0.15) is 23.2 Å². The topological polar surface area (TPSA) is 95.2 Å². The van der Waals surface area contributed by atoms with Crippen molar-refractivity contribution in [3.63, 3.8) is 0 Å². The molecular weight excluding hydrogens is 323 g/mol. The largest absolute Gasteiger partial charge is 0.348 e. The Morgan fingerprint density at radius 2 is 2.26 bits per heavy atom. The van der Waals surface area contributed by atoms with Crippen molar-refractivity contribution < 1.29 is 17.6 Å². The van der Waals surface area contributed by atoms with Gasteiger partial charge in [0, 0.05) is 19.1 Å². The molecule has 124 valence electrons. The number of rotatable bonds is 3. The number of sulfonamides is 1. The van der Waals surface area contributed by atoms with Crippen LogP contribution in [0.3, 0.4) is 0 Å². The fourth-order valence-electron chi connectivity index (χ4n) is 2.81. The van der Waals surface area contributed by atoms with Crippen LogP contribution in [0, 0.1) is 5.82 Å². The van der Waals surface area contributed by atoms with Crippen molar-refractivity contribution in [1.29, 1.82) is 0 Å². The minimum absolute atomic E-state index is 0.137. The summed E-state index contributed by atoms with van der Waals surface area (Å²) in [5, 5.41) is 2.78. The number of aromatic nitrogens is 2. The second kappa shape index (κ2) is 5.89. The Kier molecular flexibility index (Phi) is 4.07. The van der Waals surface area contributed by atoms with Crippen molar-refractivity contribution in [3.8, 4) is 0 Å². The molecule has 0 aliphatic carbocycles. The lowest BCUT2D eigenvalue weighted by molar-refractivity contribution is 0.0922. The van der Waals surface area contributed by atoms with Crippen molar-refractivity contribution in [2.75, 3.05) is 19.3 Å². The first-order valence-electron chi connectivity index (χ1n) is 7.23. The minimum Gasteiger partial charge on any atom is -0.348 e. The molecule has 0 bridgehead atoms. The van der Waals surface area contributed by atoms with Gasteiger partial charge >= 0.3 is 0 Å². The highest BCUT2D eigenvalue weighted by Crippen LogP contribution is 2.19. The summed E-state index contributed by atoms with van der Waals surface area (Å²) in [6.45, 7) is 0.679. The summed E-state index contributed by atoms with van der Waals surface area (Å²) in [7, 11) is -3.29. The molecule has 2 N–H and O–H groups in total. The molecule has 2 heterocycles. The van der Waals surface area contributed by atoms with Gasteiger partial charge in [-0.05, 0) is 25.0 Å². The number of aromatic amines is 1. The number of amides is 1. The summed E-state index contributed by atoms with van der Waals surface area (Å²) >= 11 is 0. The number of fused-ring (bicyclic) bond motifs is 1. The van der Waals surface area contributed by atoms with Crippen LogP contribution in [0.2, 0.25) is 0 Å². The standard InChI is InChI=1S/C14H17FN4O3S/c1-23(21,22)19-4-2-3-10(7-19)18-14(20)11-5-9(15)6-12-13(11)17-8-16-12/h5-6,8,10H,2-4,7H2,1H3,(H,16,17)(H,18,20). The zero-order chi connectivity index (χ0) is 16.6. The second-order valence-electron chi connectivity index (χ2n) is 5.69. The molecule has 1 amide bonds. The summed E-state index contributed by atoms with van der Waals surface area (Å²) in [5.41, 5.74) is 0.967. The fourth-order valence-corrected chi connectivity index (χ4v) is 3.72. The molecule has 23 heavy (non-hydrogen) atoms. The van der Waals surface area contributed by atoms with E-state index in [0.717, 1.165) is 12.3 Å². The molecule has 3 rings (SSSR count). The predicted octanol–water partition coefficient (Wildman–Crippen LogP) is 0.856. The predicted molar refractivity (Wildman–Crippen MR) is 83.0 cm³/mol. The highest BCUT2D eigenvalue weighted by molar-refractivity contribution is 7.88. The Labute approximate surface area is 132 Å². The van der Waals surface area contributed by atoms with Crippen LogP contribution < -0.4 is 5.32 Å². The van der Waals surface area contributed by atoms with Gasteiger partial charge in [0.1, 0.15) is 11.3 Å². The van der Waals surface area contributed by atoms with Gasteiger partial charge in [-0.25, -0.2) is 22.1 Å². The molecule has 1 atom stereocenters. The third-order valence-electron chi connectivity index (χ3n) is 3.92. The molecule has 1 aliphatic heterocycles. The average Bonchev–Trinajstić information content (AvgIpc) is 2.93. The number of hydrogen-bond donors (Lipinski definition) is 2. The van der Waals surface area contributed by atoms with Crippen LogP contribution in [-0.4, -0.2) is 54.0 Å². The van der Waals surface area contributed by atoms with Gasteiger partial charge in [-0.15, -0.1) is 0 Å². The lowest BCUT2D eigenvalue weighted by Crippen LogP contribution is -2.49. The maximum absolute atomic E-state index is 13.6. The SMILES string of the molecule is CS(=O)(=O)N1CCCC(NC(=O)c2cc(F)cc3[nH]cnc23)C1. The van der Waals surface area contributed by atoms with E-state index in [-0.39, 0.29) is 18.2 Å². The van der Waals surface area contributed by atoms with Crippen LogP contribution in [0.25, 0.3) is 11.0 Å². The monoisotopic (exact) mass is 340 g/mol.